The average molecular weight is 708 g/mol. The van der Waals surface area contributed by atoms with Gasteiger partial charge in [0.05, 0.1) is 23.0 Å². The van der Waals surface area contributed by atoms with E-state index in [1.807, 2.05) is 109 Å². The fraction of sp³-hybridized carbons (Fsp3) is 0.186. The molecule has 3 atom stereocenters. The van der Waals surface area contributed by atoms with Crippen molar-refractivity contribution in [3.63, 3.8) is 0 Å². The highest BCUT2D eigenvalue weighted by atomic mass is 16.4. The van der Waals surface area contributed by atoms with Gasteiger partial charge in [0.1, 0.15) is 6.04 Å². The molecule has 53 heavy (non-hydrogen) atoms. The number of carboxylic acids is 2. The summed E-state index contributed by atoms with van der Waals surface area (Å²) in [5, 5.41) is 27.9. The van der Waals surface area contributed by atoms with Crippen LogP contribution in [0.25, 0.3) is 0 Å². The summed E-state index contributed by atoms with van der Waals surface area (Å²) in [5.41, 5.74) is 5.04. The molecular weight excluding hydrogens is 670 g/mol. The zero-order valence-electron chi connectivity index (χ0n) is 28.6. The first kappa shape index (κ1) is 34.9. The van der Waals surface area contributed by atoms with E-state index < -0.39 is 53.5 Å². The minimum atomic E-state index is -1.36. The van der Waals surface area contributed by atoms with Crippen LogP contribution in [0.5, 0.6) is 0 Å². The number of aromatic carboxylic acids is 2. The van der Waals surface area contributed by atoms with E-state index in [1.165, 1.54) is 0 Å². The maximum Gasteiger partial charge on any atom is 0.335 e. The van der Waals surface area contributed by atoms with Crippen molar-refractivity contribution in [1.82, 2.24) is 10.6 Å². The van der Waals surface area contributed by atoms with Gasteiger partial charge in [0.25, 0.3) is 0 Å². The zero-order valence-corrected chi connectivity index (χ0v) is 28.6. The lowest BCUT2D eigenvalue weighted by Crippen LogP contribution is -2.56. The normalized spacial score (nSPS) is 18.5. The number of fused-ring (bicyclic) bond motifs is 1. The third-order valence-corrected chi connectivity index (χ3v) is 10.2. The van der Waals surface area contributed by atoms with Crippen LogP contribution in [0.4, 0.5) is 5.69 Å². The van der Waals surface area contributed by atoms with E-state index in [2.05, 4.69) is 16.0 Å². The van der Waals surface area contributed by atoms with Gasteiger partial charge in [0.2, 0.25) is 17.7 Å². The second-order valence-corrected chi connectivity index (χ2v) is 13.4. The van der Waals surface area contributed by atoms with Gasteiger partial charge in [-0.25, -0.2) is 9.59 Å². The average Bonchev–Trinajstić information content (AvgIpc) is 3.17. The standard InChI is InChI=1S/C43H37N3O7/c47-39(45-29-23-27(42(50)51)22-28(24-29)43(52)53)34(21-26-13-5-2-6-14-26)46-41(49)38-36-32-17-9-7-15-30(32)35(31-16-8-10-18-33(31)36)37(38)40(48)44-20-19-25-11-3-1-4-12-25/h1-18,22-24,34-38H,19-21H2,(H,44,48)(H,45,47)(H,46,49)(H,50,51)(H,52,53). The van der Waals surface area contributed by atoms with Crippen LogP contribution in [0, 0.1) is 11.8 Å². The SMILES string of the molecule is O=C(O)c1cc(NC(=O)C(Cc2ccccc2)NC(=O)C2C3c4ccccc4C(c4ccccc43)C2C(=O)NCCc2ccccc2)cc(C(=O)O)c1. The number of benzene rings is 5. The summed E-state index contributed by atoms with van der Waals surface area (Å²) >= 11 is 0. The number of amides is 3. The Kier molecular flexibility index (Phi) is 9.85. The molecule has 3 unspecified atom stereocenters. The van der Waals surface area contributed by atoms with Gasteiger partial charge in [-0.05, 0) is 58.0 Å². The van der Waals surface area contributed by atoms with E-state index in [4.69, 9.17) is 0 Å². The van der Waals surface area contributed by atoms with Crippen LogP contribution in [-0.2, 0) is 27.2 Å². The molecule has 5 N–H and O–H groups in total. The van der Waals surface area contributed by atoms with Gasteiger partial charge in [-0.2, -0.15) is 0 Å². The van der Waals surface area contributed by atoms with Crippen molar-refractivity contribution in [2.24, 2.45) is 11.8 Å². The third-order valence-electron chi connectivity index (χ3n) is 10.2. The van der Waals surface area contributed by atoms with Gasteiger partial charge >= 0.3 is 11.9 Å². The van der Waals surface area contributed by atoms with Crippen molar-refractivity contribution in [1.29, 1.82) is 0 Å². The van der Waals surface area contributed by atoms with Crippen molar-refractivity contribution >= 4 is 35.3 Å². The number of hydrogen-bond acceptors (Lipinski definition) is 5. The van der Waals surface area contributed by atoms with Gasteiger partial charge in [-0.15, -0.1) is 0 Å². The largest absolute Gasteiger partial charge is 0.478 e. The van der Waals surface area contributed by atoms with Gasteiger partial charge in [-0.1, -0.05) is 109 Å². The summed E-state index contributed by atoms with van der Waals surface area (Å²) in [6.07, 6.45) is 0.689. The topological polar surface area (TPSA) is 162 Å². The van der Waals surface area contributed by atoms with Crippen LogP contribution >= 0.6 is 0 Å². The van der Waals surface area contributed by atoms with E-state index in [0.29, 0.717) is 13.0 Å². The fourth-order valence-corrected chi connectivity index (χ4v) is 7.90. The first-order valence-corrected chi connectivity index (χ1v) is 17.5. The molecule has 10 nitrogen and oxygen atoms in total. The summed E-state index contributed by atoms with van der Waals surface area (Å²) < 4.78 is 0. The summed E-state index contributed by atoms with van der Waals surface area (Å²) in [7, 11) is 0. The Morgan fingerprint density at radius 2 is 1.02 bits per heavy atom. The van der Waals surface area contributed by atoms with Crippen molar-refractivity contribution < 1.29 is 34.2 Å². The molecule has 10 heteroatoms. The molecule has 3 amide bonds. The number of carboxylic acid groups (broad SMARTS) is 2. The number of nitrogens with one attached hydrogen (secondary N) is 3. The molecule has 5 aromatic rings. The molecule has 3 aliphatic carbocycles. The van der Waals surface area contributed by atoms with Crippen molar-refractivity contribution in [3.05, 3.63) is 172 Å². The van der Waals surface area contributed by atoms with Crippen LogP contribution in [0.15, 0.2) is 127 Å². The van der Waals surface area contributed by atoms with Crippen LogP contribution in [0.3, 0.4) is 0 Å². The van der Waals surface area contributed by atoms with Gasteiger partial charge in [0, 0.05) is 30.5 Å². The Labute approximate surface area is 305 Å². The molecule has 0 radical (unpaired) electrons. The Hall–Kier alpha value is -6.55. The van der Waals surface area contributed by atoms with E-state index >= 15 is 0 Å². The second kappa shape index (κ2) is 15.0. The molecule has 5 aromatic carbocycles. The van der Waals surface area contributed by atoms with Crippen molar-refractivity contribution in [2.75, 3.05) is 11.9 Å². The monoisotopic (exact) mass is 707 g/mol. The molecule has 0 spiro atoms. The maximum atomic E-state index is 14.8. The predicted molar refractivity (Wildman–Crippen MR) is 198 cm³/mol. The molecule has 2 bridgehead atoms. The quantitative estimate of drug-likeness (QED) is 0.112. The predicted octanol–water partition coefficient (Wildman–Crippen LogP) is 5.63. The van der Waals surface area contributed by atoms with Crippen molar-refractivity contribution in [2.45, 2.75) is 30.7 Å². The first-order valence-electron chi connectivity index (χ1n) is 17.5. The van der Waals surface area contributed by atoms with E-state index in [1.54, 1.807) is 0 Å². The lowest BCUT2D eigenvalue weighted by atomic mass is 9.53. The second-order valence-electron chi connectivity index (χ2n) is 13.4. The molecule has 0 heterocycles. The number of hydrogen-bond donors (Lipinski definition) is 5. The molecule has 0 aromatic heterocycles. The number of rotatable bonds is 12. The Morgan fingerprint density at radius 1 is 0.566 bits per heavy atom. The van der Waals surface area contributed by atoms with E-state index in [-0.39, 0.29) is 29.1 Å². The number of anilines is 1. The fourth-order valence-electron chi connectivity index (χ4n) is 7.90. The smallest absolute Gasteiger partial charge is 0.335 e. The van der Waals surface area contributed by atoms with Crippen LogP contribution in [0.2, 0.25) is 0 Å². The Bertz CT molecular complexity index is 2120. The number of carbonyl (C=O) groups excluding carboxylic acids is 3. The minimum Gasteiger partial charge on any atom is -0.478 e. The highest BCUT2D eigenvalue weighted by Gasteiger charge is 2.55. The number of carbonyl (C=O) groups is 5. The lowest BCUT2D eigenvalue weighted by molar-refractivity contribution is -0.138. The summed E-state index contributed by atoms with van der Waals surface area (Å²) in [4.78, 5) is 66.8. The third kappa shape index (κ3) is 7.16. The van der Waals surface area contributed by atoms with Crippen LogP contribution in [-0.4, -0.2) is 52.5 Å². The molecule has 0 saturated carbocycles. The van der Waals surface area contributed by atoms with Gasteiger partial charge in [0.15, 0.2) is 0 Å². The summed E-state index contributed by atoms with van der Waals surface area (Å²) in [6, 6.07) is 36.8. The molecule has 0 saturated heterocycles. The molecular formula is C43H37N3O7. The summed E-state index contributed by atoms with van der Waals surface area (Å²) in [5.74, 6) is -6.67. The van der Waals surface area contributed by atoms with Crippen molar-refractivity contribution in [3.8, 4) is 0 Å². The molecule has 266 valence electrons. The summed E-state index contributed by atoms with van der Waals surface area (Å²) in [6.45, 7) is 0.376. The zero-order chi connectivity index (χ0) is 37.1. The van der Waals surface area contributed by atoms with E-state index in [0.717, 1.165) is 51.6 Å². The van der Waals surface area contributed by atoms with Crippen LogP contribution in [0.1, 0.15) is 65.9 Å². The minimum absolute atomic E-state index is 0.0464. The molecule has 0 fully saturated rings. The van der Waals surface area contributed by atoms with Crippen LogP contribution < -0.4 is 16.0 Å². The van der Waals surface area contributed by atoms with Gasteiger partial charge in [-0.3, -0.25) is 14.4 Å². The molecule has 0 aliphatic heterocycles. The highest BCUT2D eigenvalue weighted by molar-refractivity contribution is 6.02. The highest BCUT2D eigenvalue weighted by Crippen LogP contribution is 2.58. The first-order chi connectivity index (χ1) is 25.7. The Morgan fingerprint density at radius 3 is 1.51 bits per heavy atom. The van der Waals surface area contributed by atoms with E-state index in [9.17, 15) is 34.2 Å². The Balaban J connectivity index is 1.23. The molecule has 8 rings (SSSR count). The lowest BCUT2D eigenvalue weighted by Gasteiger charge is -2.49. The molecule has 3 aliphatic rings. The van der Waals surface area contributed by atoms with Gasteiger partial charge < -0.3 is 26.2 Å². The maximum absolute atomic E-state index is 14.8.